The highest BCUT2D eigenvalue weighted by atomic mass is 16.6. The van der Waals surface area contributed by atoms with Crippen molar-refractivity contribution in [1.29, 1.82) is 0 Å². The Hall–Kier alpha value is -1.78. The molecule has 0 heterocycles. The number of nitrogens with zero attached hydrogens (tertiary/aromatic N) is 1. The summed E-state index contributed by atoms with van der Waals surface area (Å²) in [5.74, 6) is -0.852. The largest absolute Gasteiger partial charge is 0.504 e. The summed E-state index contributed by atoms with van der Waals surface area (Å²) in [5, 5.41) is 27.6. The van der Waals surface area contributed by atoms with E-state index < -0.39 is 10.7 Å². The fourth-order valence-corrected chi connectivity index (χ4v) is 0.625. The minimum absolute atomic E-state index is 0.250. The summed E-state index contributed by atoms with van der Waals surface area (Å²) in [7, 11) is 0. The van der Waals surface area contributed by atoms with Gasteiger partial charge in [-0.3, -0.25) is 10.1 Å². The highest BCUT2D eigenvalue weighted by Gasteiger charge is 2.07. The smallest absolute Gasteiger partial charge is 0.273 e. The summed E-state index contributed by atoms with van der Waals surface area (Å²) in [6, 6.07) is 3.05. The van der Waals surface area contributed by atoms with Crippen molar-refractivity contribution in [1.82, 2.24) is 0 Å². The summed E-state index contributed by atoms with van der Waals surface area (Å²) < 4.78 is 0. The maximum absolute atomic E-state index is 10.1. The van der Waals surface area contributed by atoms with Crippen molar-refractivity contribution in [3.8, 4) is 11.5 Å². The van der Waals surface area contributed by atoms with E-state index in [9.17, 15) is 10.1 Å². The number of hydrogen-bond acceptors (Lipinski definition) is 4. The molecule has 0 aliphatic carbocycles. The van der Waals surface area contributed by atoms with Gasteiger partial charge in [-0.15, -0.1) is 0 Å². The zero-order valence-corrected chi connectivity index (χ0v) is 7.39. The van der Waals surface area contributed by atoms with Gasteiger partial charge in [0, 0.05) is 6.07 Å². The second kappa shape index (κ2) is 4.97. The van der Waals surface area contributed by atoms with Crippen molar-refractivity contribution < 1.29 is 15.1 Å². The Labute approximate surface area is 75.4 Å². The Morgan fingerprint density at radius 1 is 1.23 bits per heavy atom. The quantitative estimate of drug-likeness (QED) is 0.398. The average Bonchev–Trinajstić information content (AvgIpc) is 2.13. The molecular formula is C8H11NO4. The number of nitro benzene ring substituents is 1. The SMILES string of the molecule is CC.O=[N+]([O-])c1ccc(O)c(O)c1. The van der Waals surface area contributed by atoms with Crippen LogP contribution in [-0.4, -0.2) is 15.1 Å². The van der Waals surface area contributed by atoms with Gasteiger partial charge in [-0.1, -0.05) is 13.8 Å². The Morgan fingerprint density at radius 2 is 1.77 bits per heavy atom. The highest BCUT2D eigenvalue weighted by Crippen LogP contribution is 2.28. The number of nitro groups is 1. The number of phenolic OH excluding ortho intramolecular Hbond substituents is 2. The lowest BCUT2D eigenvalue weighted by molar-refractivity contribution is -0.385. The van der Waals surface area contributed by atoms with Crippen molar-refractivity contribution in [3.05, 3.63) is 28.3 Å². The summed E-state index contributed by atoms with van der Waals surface area (Å²) in [4.78, 5) is 9.42. The third-order valence-corrected chi connectivity index (χ3v) is 1.17. The van der Waals surface area contributed by atoms with Gasteiger partial charge in [0.2, 0.25) is 0 Å². The lowest BCUT2D eigenvalue weighted by Gasteiger charge is -1.94. The van der Waals surface area contributed by atoms with Gasteiger partial charge in [0.15, 0.2) is 11.5 Å². The molecule has 0 spiro atoms. The van der Waals surface area contributed by atoms with E-state index in [1.807, 2.05) is 13.8 Å². The monoisotopic (exact) mass is 185 g/mol. The molecule has 0 aliphatic rings. The first-order valence-electron chi connectivity index (χ1n) is 3.77. The van der Waals surface area contributed by atoms with Crippen molar-refractivity contribution >= 4 is 5.69 Å². The van der Waals surface area contributed by atoms with Crippen LogP contribution in [0.3, 0.4) is 0 Å². The highest BCUT2D eigenvalue weighted by molar-refractivity contribution is 5.46. The van der Waals surface area contributed by atoms with Crippen LogP contribution in [0.25, 0.3) is 0 Å². The molecule has 0 atom stereocenters. The van der Waals surface area contributed by atoms with E-state index in [-0.39, 0.29) is 11.4 Å². The summed E-state index contributed by atoms with van der Waals surface area (Å²) >= 11 is 0. The fraction of sp³-hybridized carbons (Fsp3) is 0.250. The van der Waals surface area contributed by atoms with Crippen LogP contribution in [0.2, 0.25) is 0 Å². The Bertz CT molecular complexity index is 298. The van der Waals surface area contributed by atoms with Crippen LogP contribution < -0.4 is 0 Å². The van der Waals surface area contributed by atoms with E-state index in [1.165, 1.54) is 0 Å². The molecule has 1 aromatic carbocycles. The molecule has 5 nitrogen and oxygen atoms in total. The van der Waals surface area contributed by atoms with Gasteiger partial charge in [-0.2, -0.15) is 0 Å². The summed E-state index contributed by atoms with van der Waals surface area (Å²) in [6.07, 6.45) is 0. The van der Waals surface area contributed by atoms with Crippen molar-refractivity contribution in [3.63, 3.8) is 0 Å². The van der Waals surface area contributed by atoms with Crippen molar-refractivity contribution in [2.45, 2.75) is 13.8 Å². The van der Waals surface area contributed by atoms with Gasteiger partial charge in [0.05, 0.1) is 11.0 Å². The van der Waals surface area contributed by atoms with Gasteiger partial charge in [0.25, 0.3) is 5.69 Å². The molecule has 0 saturated heterocycles. The van der Waals surface area contributed by atoms with Crippen LogP contribution in [-0.2, 0) is 0 Å². The Balaban J connectivity index is 0.000000671. The molecule has 0 saturated carbocycles. The Kier molecular flexibility index (Phi) is 4.29. The van der Waals surface area contributed by atoms with Crippen LogP contribution in [0.4, 0.5) is 5.69 Å². The van der Waals surface area contributed by atoms with E-state index in [0.717, 1.165) is 18.2 Å². The lowest BCUT2D eigenvalue weighted by Crippen LogP contribution is -1.86. The second-order valence-corrected chi connectivity index (χ2v) is 1.93. The average molecular weight is 185 g/mol. The van der Waals surface area contributed by atoms with Crippen molar-refractivity contribution in [2.24, 2.45) is 0 Å². The van der Waals surface area contributed by atoms with Gasteiger partial charge in [-0.25, -0.2) is 0 Å². The zero-order chi connectivity index (χ0) is 10.4. The molecule has 1 rings (SSSR count). The van der Waals surface area contributed by atoms with Crippen LogP contribution >= 0.6 is 0 Å². The topological polar surface area (TPSA) is 83.6 Å². The van der Waals surface area contributed by atoms with E-state index in [2.05, 4.69) is 0 Å². The first-order chi connectivity index (χ1) is 6.11. The number of rotatable bonds is 1. The maximum atomic E-state index is 10.1. The molecule has 0 bridgehead atoms. The van der Waals surface area contributed by atoms with Crippen LogP contribution in [0.5, 0.6) is 11.5 Å². The minimum Gasteiger partial charge on any atom is -0.504 e. The number of phenols is 2. The molecule has 0 radical (unpaired) electrons. The van der Waals surface area contributed by atoms with E-state index in [1.54, 1.807) is 0 Å². The molecule has 0 fully saturated rings. The molecule has 2 N–H and O–H groups in total. The van der Waals surface area contributed by atoms with Gasteiger partial charge in [-0.05, 0) is 6.07 Å². The summed E-state index contributed by atoms with van der Waals surface area (Å²) in [5.41, 5.74) is -0.250. The molecule has 0 aliphatic heterocycles. The molecule has 5 heteroatoms. The first-order valence-corrected chi connectivity index (χ1v) is 3.77. The predicted molar refractivity (Wildman–Crippen MR) is 47.8 cm³/mol. The van der Waals surface area contributed by atoms with Gasteiger partial charge >= 0.3 is 0 Å². The molecule has 13 heavy (non-hydrogen) atoms. The minimum atomic E-state index is -0.654. The van der Waals surface area contributed by atoms with E-state index in [4.69, 9.17) is 10.2 Å². The summed E-state index contributed by atoms with van der Waals surface area (Å²) in [6.45, 7) is 4.00. The number of hydrogen-bond donors (Lipinski definition) is 2. The van der Waals surface area contributed by atoms with E-state index in [0.29, 0.717) is 0 Å². The number of aromatic hydroxyl groups is 2. The van der Waals surface area contributed by atoms with Crippen LogP contribution in [0, 0.1) is 10.1 Å². The molecule has 72 valence electrons. The maximum Gasteiger partial charge on any atom is 0.273 e. The lowest BCUT2D eigenvalue weighted by atomic mass is 10.3. The predicted octanol–water partition coefficient (Wildman–Crippen LogP) is 2.03. The Morgan fingerprint density at radius 3 is 2.15 bits per heavy atom. The molecule has 0 amide bonds. The third kappa shape index (κ3) is 2.98. The van der Waals surface area contributed by atoms with Crippen LogP contribution in [0.15, 0.2) is 18.2 Å². The standard InChI is InChI=1S/C6H5NO4.C2H6/c8-5-2-1-4(7(10)11)3-6(5)9;1-2/h1-3,8-9H;1-2H3. The molecule has 0 aromatic heterocycles. The normalized spacial score (nSPS) is 8.46. The van der Waals surface area contributed by atoms with Gasteiger partial charge < -0.3 is 10.2 Å². The van der Waals surface area contributed by atoms with E-state index >= 15 is 0 Å². The third-order valence-electron chi connectivity index (χ3n) is 1.17. The second-order valence-electron chi connectivity index (χ2n) is 1.93. The first kappa shape index (κ1) is 11.2. The van der Waals surface area contributed by atoms with Crippen molar-refractivity contribution in [2.75, 3.05) is 0 Å². The van der Waals surface area contributed by atoms with Crippen LogP contribution in [0.1, 0.15) is 13.8 Å². The number of non-ortho nitro benzene ring substituents is 1. The molecule has 0 unspecified atom stereocenters. The zero-order valence-electron chi connectivity index (χ0n) is 7.39. The molecular weight excluding hydrogens is 174 g/mol. The number of benzene rings is 1. The van der Waals surface area contributed by atoms with Gasteiger partial charge in [0.1, 0.15) is 0 Å². The molecule has 1 aromatic rings. The fourth-order valence-electron chi connectivity index (χ4n) is 0.625.